The van der Waals surface area contributed by atoms with E-state index in [4.69, 9.17) is 0 Å². The quantitative estimate of drug-likeness (QED) is 0.588. The Balaban J connectivity index is 2.62. The maximum atomic E-state index is 10.9. The van der Waals surface area contributed by atoms with Crippen molar-refractivity contribution in [2.24, 2.45) is 0 Å². The molecule has 6 heteroatoms. The lowest BCUT2D eigenvalue weighted by molar-refractivity contribution is -0.384. The monoisotopic (exact) mass is 205 g/mol. The molecule has 2 aromatic rings. The summed E-state index contributed by atoms with van der Waals surface area (Å²) < 4.78 is 1.32. The van der Waals surface area contributed by atoms with Crippen molar-refractivity contribution in [3.05, 3.63) is 57.0 Å². The van der Waals surface area contributed by atoms with Gasteiger partial charge in [0.15, 0.2) is 0 Å². The van der Waals surface area contributed by atoms with Crippen molar-refractivity contribution in [1.82, 2.24) is 9.78 Å². The summed E-state index contributed by atoms with van der Waals surface area (Å²) in [5.41, 5.74) is -0.0119. The summed E-state index contributed by atoms with van der Waals surface area (Å²) in [6.07, 6.45) is 1.45. The molecule has 1 heterocycles. The molecule has 0 bridgehead atoms. The summed E-state index contributed by atoms with van der Waals surface area (Å²) in [6.45, 7) is 0. The highest BCUT2D eigenvalue weighted by atomic mass is 16.6. The third-order valence-corrected chi connectivity index (χ3v) is 1.94. The van der Waals surface area contributed by atoms with E-state index in [0.717, 1.165) is 0 Å². The van der Waals surface area contributed by atoms with Crippen LogP contribution in [0.4, 0.5) is 5.69 Å². The summed E-state index contributed by atoms with van der Waals surface area (Å²) in [5.74, 6) is 0. The number of aromatic nitrogens is 2. The van der Waals surface area contributed by atoms with Crippen LogP contribution in [0.25, 0.3) is 5.69 Å². The number of nitro benzene ring substituents is 1. The van der Waals surface area contributed by atoms with Gasteiger partial charge in [0.1, 0.15) is 5.69 Å². The first-order chi connectivity index (χ1) is 7.18. The molecule has 76 valence electrons. The Morgan fingerprint density at radius 2 is 2.00 bits per heavy atom. The molecule has 6 nitrogen and oxygen atoms in total. The second-order valence-electron chi connectivity index (χ2n) is 2.91. The van der Waals surface area contributed by atoms with Crippen LogP contribution in [0.1, 0.15) is 0 Å². The van der Waals surface area contributed by atoms with Crippen molar-refractivity contribution in [3.8, 4) is 5.69 Å². The van der Waals surface area contributed by atoms with Gasteiger partial charge in [-0.25, -0.2) is 0 Å². The van der Waals surface area contributed by atoms with Crippen LogP contribution < -0.4 is 5.56 Å². The first kappa shape index (κ1) is 9.20. The van der Waals surface area contributed by atoms with E-state index >= 15 is 0 Å². The smallest absolute Gasteiger partial charge is 0.268 e. The van der Waals surface area contributed by atoms with E-state index in [2.05, 4.69) is 5.10 Å². The fourth-order valence-electron chi connectivity index (χ4n) is 1.30. The van der Waals surface area contributed by atoms with E-state index in [9.17, 15) is 14.9 Å². The van der Waals surface area contributed by atoms with Gasteiger partial charge in [0.05, 0.1) is 4.92 Å². The molecule has 0 amide bonds. The summed E-state index contributed by atoms with van der Waals surface area (Å²) in [4.78, 5) is 21.1. The van der Waals surface area contributed by atoms with Crippen LogP contribution in [0.2, 0.25) is 0 Å². The molecule has 0 aliphatic carbocycles. The lowest BCUT2D eigenvalue weighted by Gasteiger charge is -2.02. The zero-order chi connectivity index (χ0) is 10.8. The first-order valence-electron chi connectivity index (χ1n) is 4.20. The number of benzene rings is 1. The van der Waals surface area contributed by atoms with E-state index < -0.39 is 4.92 Å². The Kier molecular flexibility index (Phi) is 2.09. The van der Waals surface area contributed by atoms with Crippen LogP contribution in [-0.2, 0) is 0 Å². The van der Waals surface area contributed by atoms with Crippen LogP contribution in [0.3, 0.4) is 0 Å². The molecule has 0 aliphatic rings. The van der Waals surface area contributed by atoms with Gasteiger partial charge in [-0.2, -0.15) is 0 Å². The Morgan fingerprint density at radius 1 is 1.27 bits per heavy atom. The molecule has 0 aliphatic heterocycles. The number of H-pyrrole nitrogens is 1. The summed E-state index contributed by atoms with van der Waals surface area (Å²) >= 11 is 0. The summed E-state index contributed by atoms with van der Waals surface area (Å²) in [7, 11) is 0. The maximum Gasteiger partial charge on any atom is 0.294 e. The average Bonchev–Trinajstić information content (AvgIpc) is 2.65. The predicted octanol–water partition coefficient (Wildman–Crippen LogP) is 1.07. The molecule has 0 unspecified atom stereocenters. The normalized spacial score (nSPS) is 10.1. The third kappa shape index (κ3) is 1.64. The van der Waals surface area contributed by atoms with Crippen LogP contribution in [0.5, 0.6) is 0 Å². The van der Waals surface area contributed by atoms with Crippen molar-refractivity contribution in [1.29, 1.82) is 0 Å². The third-order valence-electron chi connectivity index (χ3n) is 1.94. The van der Waals surface area contributed by atoms with Gasteiger partial charge in [-0.05, 0) is 6.07 Å². The molecule has 15 heavy (non-hydrogen) atoms. The second-order valence-corrected chi connectivity index (χ2v) is 2.91. The highest BCUT2D eigenvalue weighted by Gasteiger charge is 2.13. The van der Waals surface area contributed by atoms with Crippen molar-refractivity contribution >= 4 is 5.69 Å². The number of aromatic amines is 1. The van der Waals surface area contributed by atoms with Gasteiger partial charge < -0.3 is 0 Å². The zero-order valence-corrected chi connectivity index (χ0v) is 7.58. The van der Waals surface area contributed by atoms with E-state index in [1.54, 1.807) is 18.2 Å². The lowest BCUT2D eigenvalue weighted by atomic mass is 10.3. The molecule has 0 saturated heterocycles. The standard InChI is InChI=1S/C9H7N3O3/c13-9-5-6-11(10-9)7-3-1-2-4-8(7)12(14)15/h1-6H,(H,10,13). The highest BCUT2D eigenvalue weighted by Crippen LogP contribution is 2.20. The molecule has 0 saturated carbocycles. The number of hydrogen-bond donors (Lipinski definition) is 1. The van der Waals surface area contributed by atoms with Gasteiger partial charge in [0.25, 0.3) is 11.2 Å². The molecule has 0 radical (unpaired) electrons. The van der Waals surface area contributed by atoms with Crippen LogP contribution in [-0.4, -0.2) is 14.7 Å². The van der Waals surface area contributed by atoms with E-state index in [-0.39, 0.29) is 11.2 Å². The van der Waals surface area contributed by atoms with Crippen LogP contribution >= 0.6 is 0 Å². The van der Waals surface area contributed by atoms with Gasteiger partial charge in [-0.1, -0.05) is 12.1 Å². The molecule has 0 fully saturated rings. The van der Waals surface area contributed by atoms with E-state index in [0.29, 0.717) is 5.69 Å². The van der Waals surface area contributed by atoms with Crippen molar-refractivity contribution in [3.63, 3.8) is 0 Å². The largest absolute Gasteiger partial charge is 0.294 e. The van der Waals surface area contributed by atoms with Gasteiger partial charge >= 0.3 is 0 Å². The molecule has 1 aromatic heterocycles. The average molecular weight is 205 g/mol. The highest BCUT2D eigenvalue weighted by molar-refractivity contribution is 5.51. The Morgan fingerprint density at radius 3 is 2.60 bits per heavy atom. The number of hydrogen-bond acceptors (Lipinski definition) is 3. The molecule has 0 spiro atoms. The maximum absolute atomic E-state index is 10.9. The van der Waals surface area contributed by atoms with Crippen LogP contribution in [0, 0.1) is 10.1 Å². The predicted molar refractivity (Wildman–Crippen MR) is 53.0 cm³/mol. The molecule has 0 atom stereocenters. The van der Waals surface area contributed by atoms with Crippen molar-refractivity contribution < 1.29 is 4.92 Å². The second kappa shape index (κ2) is 3.41. The number of rotatable bonds is 2. The van der Waals surface area contributed by atoms with E-state index in [1.807, 2.05) is 0 Å². The van der Waals surface area contributed by atoms with Gasteiger partial charge in [0.2, 0.25) is 0 Å². The number of nitrogens with zero attached hydrogens (tertiary/aromatic N) is 2. The minimum Gasteiger partial charge on any atom is -0.268 e. The molecular weight excluding hydrogens is 198 g/mol. The van der Waals surface area contributed by atoms with Crippen LogP contribution in [0.15, 0.2) is 41.3 Å². The fourth-order valence-corrected chi connectivity index (χ4v) is 1.30. The molecular formula is C9H7N3O3. The lowest BCUT2D eigenvalue weighted by Crippen LogP contribution is -2.05. The number of nitro groups is 1. The van der Waals surface area contributed by atoms with Crippen molar-refractivity contribution in [2.75, 3.05) is 0 Å². The topological polar surface area (TPSA) is 80.9 Å². The Bertz CT molecular complexity index is 555. The molecule has 1 N–H and O–H groups in total. The molecule has 2 rings (SSSR count). The SMILES string of the molecule is O=c1ccn(-c2ccccc2[N+](=O)[O-])[nH]1. The Labute approximate surface area is 83.9 Å². The van der Waals surface area contributed by atoms with E-state index in [1.165, 1.54) is 23.0 Å². The minimum atomic E-state index is -0.492. The van der Waals surface area contributed by atoms with Gasteiger partial charge in [-0.3, -0.25) is 24.7 Å². The van der Waals surface area contributed by atoms with Gasteiger partial charge in [-0.15, -0.1) is 0 Å². The zero-order valence-electron chi connectivity index (χ0n) is 7.58. The van der Waals surface area contributed by atoms with Crippen molar-refractivity contribution in [2.45, 2.75) is 0 Å². The number of para-hydroxylation sites is 2. The molecule has 1 aromatic carbocycles. The van der Waals surface area contributed by atoms with Gasteiger partial charge in [0, 0.05) is 18.3 Å². The Hall–Kier alpha value is -2.37. The summed E-state index contributed by atoms with van der Waals surface area (Å²) in [5, 5.41) is 13.1. The number of nitrogens with one attached hydrogen (secondary N) is 1. The minimum absolute atomic E-state index is 0.0515. The first-order valence-corrected chi connectivity index (χ1v) is 4.20. The summed E-state index contributed by atoms with van der Waals surface area (Å²) in [6, 6.07) is 7.49. The fraction of sp³-hybridized carbons (Fsp3) is 0.